The van der Waals surface area contributed by atoms with E-state index in [4.69, 9.17) is 0 Å². The van der Waals surface area contributed by atoms with Gasteiger partial charge in [0.1, 0.15) is 6.04 Å². The maximum atomic E-state index is 11.8. The Morgan fingerprint density at radius 3 is 2.57 bits per heavy atom. The summed E-state index contributed by atoms with van der Waals surface area (Å²) in [6, 6.07) is 6.18. The Labute approximate surface area is 121 Å². The van der Waals surface area contributed by atoms with E-state index in [1.807, 2.05) is 24.3 Å². The summed E-state index contributed by atoms with van der Waals surface area (Å²) < 4.78 is 0. The van der Waals surface area contributed by atoms with Gasteiger partial charge in [0, 0.05) is 13.6 Å². The number of rotatable bonds is 3. The van der Waals surface area contributed by atoms with E-state index in [1.54, 1.807) is 4.90 Å². The third kappa shape index (κ3) is 3.57. The second-order valence-electron chi connectivity index (χ2n) is 4.86. The highest BCUT2D eigenvalue weighted by Crippen LogP contribution is 2.23. The van der Waals surface area contributed by atoms with Crippen molar-refractivity contribution in [3.8, 4) is 0 Å². The zero-order valence-corrected chi connectivity index (χ0v) is 11.6. The van der Waals surface area contributed by atoms with Crippen molar-refractivity contribution in [1.82, 2.24) is 15.5 Å². The summed E-state index contributed by atoms with van der Waals surface area (Å²) in [7, 11) is 1.40. The largest absolute Gasteiger partial charge is 0.480 e. The fraction of sp³-hybridized carbons (Fsp3) is 0.357. The molecule has 1 aromatic rings. The highest BCUT2D eigenvalue weighted by atomic mass is 16.4. The molecule has 7 heteroatoms. The monoisotopic (exact) mass is 291 g/mol. The van der Waals surface area contributed by atoms with Gasteiger partial charge in [-0.05, 0) is 17.5 Å². The molecule has 0 fully saturated rings. The van der Waals surface area contributed by atoms with E-state index in [2.05, 4.69) is 10.6 Å². The number of hydrogen-bond donors (Lipinski definition) is 3. The number of carbonyl (C=O) groups excluding carboxylic acids is 2. The van der Waals surface area contributed by atoms with Crippen LogP contribution in [-0.2, 0) is 22.6 Å². The van der Waals surface area contributed by atoms with Gasteiger partial charge in [-0.1, -0.05) is 24.3 Å². The molecule has 21 heavy (non-hydrogen) atoms. The molecule has 0 saturated heterocycles. The number of fused-ring (bicyclic) bond motifs is 1. The third-order valence-electron chi connectivity index (χ3n) is 3.46. The van der Waals surface area contributed by atoms with Crippen LogP contribution in [0.4, 0.5) is 4.79 Å². The molecule has 1 aliphatic rings. The number of nitrogens with one attached hydrogen (secondary N) is 2. The molecular weight excluding hydrogens is 274 g/mol. The minimum atomic E-state index is -0.975. The van der Waals surface area contributed by atoms with E-state index < -0.39 is 23.9 Å². The fourth-order valence-corrected chi connectivity index (χ4v) is 2.40. The van der Waals surface area contributed by atoms with Gasteiger partial charge < -0.3 is 10.4 Å². The van der Waals surface area contributed by atoms with Gasteiger partial charge in [0.2, 0.25) is 5.91 Å². The first-order valence-electron chi connectivity index (χ1n) is 6.56. The molecule has 1 aromatic carbocycles. The Bertz CT molecular complexity index is 573. The molecule has 1 heterocycles. The first-order chi connectivity index (χ1) is 10.0. The molecule has 112 valence electrons. The minimum absolute atomic E-state index is 0.140. The number of benzene rings is 1. The molecule has 3 N–H and O–H groups in total. The van der Waals surface area contributed by atoms with Gasteiger partial charge in [0.15, 0.2) is 0 Å². The van der Waals surface area contributed by atoms with E-state index in [9.17, 15) is 19.5 Å². The van der Waals surface area contributed by atoms with Crippen LogP contribution in [0.3, 0.4) is 0 Å². The Hall–Kier alpha value is -2.41. The molecule has 2 rings (SSSR count). The van der Waals surface area contributed by atoms with Crippen molar-refractivity contribution in [1.29, 1.82) is 0 Å². The molecule has 0 radical (unpaired) electrons. The lowest BCUT2D eigenvalue weighted by molar-refractivity contribution is -0.144. The van der Waals surface area contributed by atoms with Gasteiger partial charge in [-0.2, -0.15) is 0 Å². The number of aliphatic carboxylic acids is 1. The van der Waals surface area contributed by atoms with Crippen LogP contribution in [0.15, 0.2) is 24.3 Å². The second-order valence-corrected chi connectivity index (χ2v) is 4.86. The van der Waals surface area contributed by atoms with Crippen LogP contribution in [0.2, 0.25) is 0 Å². The minimum Gasteiger partial charge on any atom is -0.480 e. The van der Waals surface area contributed by atoms with E-state index in [0.29, 0.717) is 13.0 Å². The summed E-state index contributed by atoms with van der Waals surface area (Å²) in [6.45, 7) is 0.229. The number of carbonyl (C=O) groups is 3. The molecule has 0 spiro atoms. The lowest BCUT2D eigenvalue weighted by Crippen LogP contribution is -2.51. The molecule has 0 saturated carbocycles. The lowest BCUT2D eigenvalue weighted by atomic mass is 9.94. The van der Waals surface area contributed by atoms with Crippen LogP contribution in [0.1, 0.15) is 11.1 Å². The molecule has 0 unspecified atom stereocenters. The Morgan fingerprint density at radius 2 is 1.95 bits per heavy atom. The molecule has 0 bridgehead atoms. The molecule has 3 amide bonds. The van der Waals surface area contributed by atoms with Crippen molar-refractivity contribution in [3.63, 3.8) is 0 Å². The normalized spacial score (nSPS) is 17.7. The summed E-state index contributed by atoms with van der Waals surface area (Å²) in [6.07, 6.45) is 0.346. The Morgan fingerprint density at radius 1 is 1.29 bits per heavy atom. The number of imide groups is 1. The van der Waals surface area contributed by atoms with Crippen molar-refractivity contribution in [2.45, 2.75) is 19.0 Å². The SMILES string of the molecule is CNC(=O)NC(=O)CN1Cc2ccccc2C[C@H]1C(=O)O. The molecule has 0 aromatic heterocycles. The summed E-state index contributed by atoms with van der Waals surface area (Å²) in [5.74, 6) is -1.50. The maximum Gasteiger partial charge on any atom is 0.321 e. The number of carboxylic acids is 1. The summed E-state index contributed by atoms with van der Waals surface area (Å²) >= 11 is 0. The van der Waals surface area contributed by atoms with Crippen LogP contribution in [-0.4, -0.2) is 47.5 Å². The topological polar surface area (TPSA) is 98.7 Å². The van der Waals surface area contributed by atoms with Gasteiger partial charge in [-0.3, -0.25) is 19.8 Å². The second kappa shape index (κ2) is 6.36. The van der Waals surface area contributed by atoms with Crippen molar-refractivity contribution >= 4 is 17.9 Å². The fourth-order valence-electron chi connectivity index (χ4n) is 2.40. The average Bonchev–Trinajstić information content (AvgIpc) is 2.46. The van der Waals surface area contributed by atoms with E-state index in [-0.39, 0.29) is 6.54 Å². The zero-order chi connectivity index (χ0) is 15.4. The molecule has 1 aliphatic heterocycles. The third-order valence-corrected chi connectivity index (χ3v) is 3.46. The highest BCUT2D eigenvalue weighted by molar-refractivity contribution is 5.95. The quantitative estimate of drug-likeness (QED) is 0.725. The van der Waals surface area contributed by atoms with Crippen LogP contribution < -0.4 is 10.6 Å². The standard InChI is InChI=1S/C14H17N3O4/c1-15-14(21)16-12(18)8-17-7-10-5-3-2-4-9(10)6-11(17)13(19)20/h2-5,11H,6-8H2,1H3,(H,19,20)(H2,15,16,18,21)/t11-/m0/s1. The highest BCUT2D eigenvalue weighted by Gasteiger charge is 2.32. The number of carboxylic acid groups (broad SMARTS) is 1. The van der Waals surface area contributed by atoms with Crippen LogP contribution in [0.25, 0.3) is 0 Å². The van der Waals surface area contributed by atoms with Gasteiger partial charge in [-0.15, -0.1) is 0 Å². The van der Waals surface area contributed by atoms with E-state index >= 15 is 0 Å². The number of urea groups is 1. The van der Waals surface area contributed by atoms with Gasteiger partial charge in [0.05, 0.1) is 6.54 Å². The maximum absolute atomic E-state index is 11.8. The first-order valence-corrected chi connectivity index (χ1v) is 6.56. The van der Waals surface area contributed by atoms with E-state index in [0.717, 1.165) is 11.1 Å². The average molecular weight is 291 g/mol. The van der Waals surface area contributed by atoms with Crippen LogP contribution in [0, 0.1) is 0 Å². The van der Waals surface area contributed by atoms with Gasteiger partial charge in [-0.25, -0.2) is 4.79 Å². The lowest BCUT2D eigenvalue weighted by Gasteiger charge is -2.33. The Balaban J connectivity index is 2.11. The smallest absolute Gasteiger partial charge is 0.321 e. The number of hydrogen-bond acceptors (Lipinski definition) is 4. The predicted molar refractivity (Wildman–Crippen MR) is 74.6 cm³/mol. The van der Waals surface area contributed by atoms with Crippen LogP contribution in [0.5, 0.6) is 0 Å². The van der Waals surface area contributed by atoms with Crippen LogP contribution >= 0.6 is 0 Å². The van der Waals surface area contributed by atoms with Crippen molar-refractivity contribution in [3.05, 3.63) is 35.4 Å². The molecule has 0 aliphatic carbocycles. The summed E-state index contributed by atoms with van der Waals surface area (Å²) in [5, 5.41) is 13.7. The molecular formula is C14H17N3O4. The van der Waals surface area contributed by atoms with E-state index in [1.165, 1.54) is 7.05 Å². The molecule has 1 atom stereocenters. The van der Waals surface area contributed by atoms with Crippen molar-refractivity contribution in [2.24, 2.45) is 0 Å². The summed E-state index contributed by atoms with van der Waals surface area (Å²) in [5.41, 5.74) is 1.98. The van der Waals surface area contributed by atoms with Crippen molar-refractivity contribution in [2.75, 3.05) is 13.6 Å². The Kier molecular flexibility index (Phi) is 4.54. The van der Waals surface area contributed by atoms with Crippen molar-refractivity contribution < 1.29 is 19.5 Å². The number of nitrogens with zero attached hydrogens (tertiary/aromatic N) is 1. The molecule has 7 nitrogen and oxygen atoms in total. The number of amides is 3. The van der Waals surface area contributed by atoms with Gasteiger partial charge >= 0.3 is 12.0 Å². The first kappa shape index (κ1) is 15.0. The summed E-state index contributed by atoms with van der Waals surface area (Å²) in [4.78, 5) is 35.8. The van der Waals surface area contributed by atoms with Gasteiger partial charge in [0.25, 0.3) is 0 Å². The predicted octanol–water partition coefficient (Wildman–Crippen LogP) is -0.0465. The zero-order valence-electron chi connectivity index (χ0n) is 11.6.